The highest BCUT2D eigenvalue weighted by Crippen LogP contribution is 2.24. The van der Waals surface area contributed by atoms with Gasteiger partial charge in [0.2, 0.25) is 5.78 Å². The molecule has 0 saturated carbocycles. The van der Waals surface area contributed by atoms with Gasteiger partial charge < -0.3 is 5.11 Å². The van der Waals surface area contributed by atoms with Gasteiger partial charge in [0.1, 0.15) is 0 Å². The molecule has 1 aromatic carbocycles. The molecule has 7 heteroatoms. The molecule has 0 unspecified atom stereocenters. The van der Waals surface area contributed by atoms with Gasteiger partial charge in [-0.25, -0.2) is 0 Å². The molecule has 0 aliphatic heterocycles. The van der Waals surface area contributed by atoms with Gasteiger partial charge in [0.25, 0.3) is 5.56 Å². The molecule has 2 aromatic heterocycles. The van der Waals surface area contributed by atoms with Crippen molar-refractivity contribution in [3.8, 4) is 0 Å². The number of fused-ring (bicyclic) bond motifs is 3. The number of hydrogen-bond donors (Lipinski definition) is 1. The van der Waals surface area contributed by atoms with E-state index >= 15 is 0 Å². The molecule has 122 valence electrons. The van der Waals surface area contributed by atoms with Crippen LogP contribution in [0.4, 0.5) is 0 Å². The molecule has 23 heavy (non-hydrogen) atoms. The Labute approximate surface area is 138 Å². The maximum atomic E-state index is 12.7. The predicted octanol–water partition coefficient (Wildman–Crippen LogP) is 2.32. The predicted molar refractivity (Wildman–Crippen MR) is 92.1 cm³/mol. The number of hydrogen-bond acceptors (Lipinski definition) is 5. The maximum Gasteiger partial charge on any atom is 0.262 e. The van der Waals surface area contributed by atoms with Crippen LogP contribution in [0.15, 0.2) is 34.2 Å². The van der Waals surface area contributed by atoms with E-state index in [9.17, 15) is 9.90 Å². The van der Waals surface area contributed by atoms with Crippen molar-refractivity contribution in [2.24, 2.45) is 0 Å². The summed E-state index contributed by atoms with van der Waals surface area (Å²) >= 11 is 1.43. The van der Waals surface area contributed by atoms with E-state index in [4.69, 9.17) is 0 Å². The van der Waals surface area contributed by atoms with Crippen molar-refractivity contribution in [3.05, 3.63) is 34.6 Å². The number of rotatable bonds is 5. The van der Waals surface area contributed by atoms with Crippen LogP contribution >= 0.6 is 11.8 Å². The Balaban J connectivity index is 2.27. The summed E-state index contributed by atoms with van der Waals surface area (Å²) in [7, 11) is 0. The summed E-state index contributed by atoms with van der Waals surface area (Å²) in [6, 6.07) is 7.49. The zero-order valence-electron chi connectivity index (χ0n) is 13.5. The van der Waals surface area contributed by atoms with Gasteiger partial charge in [-0.05, 0) is 32.4 Å². The van der Waals surface area contributed by atoms with E-state index in [-0.39, 0.29) is 5.56 Å². The van der Waals surface area contributed by atoms with E-state index < -0.39 is 5.60 Å². The summed E-state index contributed by atoms with van der Waals surface area (Å²) < 4.78 is 3.58. The van der Waals surface area contributed by atoms with Crippen molar-refractivity contribution >= 4 is 28.4 Å². The van der Waals surface area contributed by atoms with E-state index in [2.05, 4.69) is 10.2 Å². The highest BCUT2D eigenvalue weighted by Gasteiger charge is 2.19. The molecule has 0 aliphatic carbocycles. The molecular formula is C16H20N4O2S. The third-order valence-corrected chi connectivity index (χ3v) is 4.85. The maximum absolute atomic E-state index is 12.7. The second-order valence-corrected chi connectivity index (χ2v) is 7.14. The molecule has 6 nitrogen and oxygen atoms in total. The molecule has 1 N–H and O–H groups in total. The van der Waals surface area contributed by atoms with Gasteiger partial charge in [0, 0.05) is 12.3 Å². The van der Waals surface area contributed by atoms with Crippen LogP contribution in [0.5, 0.6) is 0 Å². The largest absolute Gasteiger partial charge is 0.390 e. The molecular weight excluding hydrogens is 312 g/mol. The Hall–Kier alpha value is -1.86. The number of benzene rings is 1. The van der Waals surface area contributed by atoms with Crippen LogP contribution in [0.25, 0.3) is 16.7 Å². The summed E-state index contributed by atoms with van der Waals surface area (Å²) in [6.45, 7) is 6.14. The van der Waals surface area contributed by atoms with Crippen LogP contribution in [0, 0.1) is 0 Å². The zero-order chi connectivity index (χ0) is 16.6. The fourth-order valence-electron chi connectivity index (χ4n) is 2.49. The first-order chi connectivity index (χ1) is 10.9. The molecule has 0 atom stereocenters. The van der Waals surface area contributed by atoms with Crippen LogP contribution in [-0.4, -0.2) is 35.6 Å². The Morgan fingerprint density at radius 2 is 2.00 bits per heavy atom. The van der Waals surface area contributed by atoms with Crippen LogP contribution in [0.2, 0.25) is 0 Å². The van der Waals surface area contributed by atoms with Gasteiger partial charge >= 0.3 is 0 Å². The Kier molecular flexibility index (Phi) is 4.16. The normalized spacial score (nSPS) is 12.3. The Bertz CT molecular complexity index is 908. The highest BCUT2D eigenvalue weighted by molar-refractivity contribution is 7.99. The standard InChI is InChI=1S/C16H20N4O2S/c1-4-9-19-13(21)11-7-5-6-8-12(11)20-14(19)17-18-15(20)23-10-16(2,3)22/h5-8,22H,4,9-10H2,1-3H3. The van der Waals surface area contributed by atoms with Gasteiger partial charge in [-0.15, -0.1) is 10.2 Å². The number of nitrogens with zero attached hydrogens (tertiary/aromatic N) is 4. The average Bonchev–Trinajstić information content (AvgIpc) is 2.93. The van der Waals surface area contributed by atoms with Crippen molar-refractivity contribution in [1.82, 2.24) is 19.2 Å². The van der Waals surface area contributed by atoms with Gasteiger partial charge in [0.05, 0.1) is 16.5 Å². The smallest absolute Gasteiger partial charge is 0.262 e. The molecule has 3 rings (SSSR count). The second kappa shape index (κ2) is 5.98. The molecule has 0 spiro atoms. The number of thioether (sulfide) groups is 1. The van der Waals surface area contributed by atoms with Gasteiger partial charge in [-0.3, -0.25) is 13.8 Å². The van der Waals surface area contributed by atoms with Crippen molar-refractivity contribution in [2.75, 3.05) is 5.75 Å². The summed E-state index contributed by atoms with van der Waals surface area (Å²) in [6.07, 6.45) is 0.840. The molecule has 3 aromatic rings. The first kappa shape index (κ1) is 16.0. The quantitative estimate of drug-likeness (QED) is 0.726. The minimum absolute atomic E-state index is 0.0404. The van der Waals surface area contributed by atoms with Gasteiger partial charge in [0.15, 0.2) is 5.16 Å². The molecule has 0 amide bonds. The lowest BCUT2D eigenvalue weighted by molar-refractivity contribution is 0.107. The summed E-state index contributed by atoms with van der Waals surface area (Å²) in [5, 5.41) is 19.7. The first-order valence-corrected chi connectivity index (χ1v) is 8.63. The van der Waals surface area contributed by atoms with Crippen molar-refractivity contribution in [1.29, 1.82) is 0 Å². The van der Waals surface area contributed by atoms with Crippen LogP contribution < -0.4 is 5.56 Å². The number of aromatic nitrogens is 4. The first-order valence-electron chi connectivity index (χ1n) is 7.64. The lowest BCUT2D eigenvalue weighted by Crippen LogP contribution is -2.24. The van der Waals surface area contributed by atoms with E-state index in [1.807, 2.05) is 35.6 Å². The monoisotopic (exact) mass is 332 g/mol. The lowest BCUT2D eigenvalue weighted by atomic mass is 10.2. The summed E-state index contributed by atoms with van der Waals surface area (Å²) in [4.78, 5) is 12.7. The van der Waals surface area contributed by atoms with E-state index in [0.717, 1.165) is 11.9 Å². The van der Waals surface area contributed by atoms with E-state index in [0.29, 0.717) is 28.6 Å². The zero-order valence-corrected chi connectivity index (χ0v) is 14.3. The molecule has 0 aliphatic rings. The van der Waals surface area contributed by atoms with E-state index in [1.54, 1.807) is 18.4 Å². The fraction of sp³-hybridized carbons (Fsp3) is 0.438. The number of para-hydroxylation sites is 1. The molecule has 0 fully saturated rings. The number of aryl methyl sites for hydroxylation is 1. The lowest BCUT2D eigenvalue weighted by Gasteiger charge is -2.15. The third-order valence-electron chi connectivity index (χ3n) is 3.48. The SMILES string of the molecule is CCCn1c(=O)c2ccccc2n2c(SCC(C)(C)O)nnc12. The van der Waals surface area contributed by atoms with Crippen molar-refractivity contribution in [2.45, 2.75) is 44.5 Å². The average molecular weight is 332 g/mol. The molecule has 2 heterocycles. The van der Waals surface area contributed by atoms with Crippen LogP contribution in [-0.2, 0) is 6.54 Å². The van der Waals surface area contributed by atoms with Crippen LogP contribution in [0.3, 0.4) is 0 Å². The highest BCUT2D eigenvalue weighted by atomic mass is 32.2. The Morgan fingerprint density at radius 1 is 1.26 bits per heavy atom. The minimum Gasteiger partial charge on any atom is -0.390 e. The molecule has 0 saturated heterocycles. The summed E-state index contributed by atoms with van der Waals surface area (Å²) in [5.74, 6) is 1.04. The van der Waals surface area contributed by atoms with Crippen molar-refractivity contribution in [3.63, 3.8) is 0 Å². The third kappa shape index (κ3) is 2.98. The van der Waals surface area contributed by atoms with Crippen molar-refractivity contribution < 1.29 is 5.11 Å². The number of aliphatic hydroxyl groups is 1. The van der Waals surface area contributed by atoms with Gasteiger partial charge in [-0.1, -0.05) is 30.8 Å². The van der Waals surface area contributed by atoms with E-state index in [1.165, 1.54) is 11.8 Å². The fourth-order valence-corrected chi connectivity index (χ4v) is 3.38. The summed E-state index contributed by atoms with van der Waals surface area (Å²) in [5.41, 5.74) is -0.0473. The molecule has 0 bridgehead atoms. The topological polar surface area (TPSA) is 72.4 Å². The van der Waals surface area contributed by atoms with Crippen LogP contribution in [0.1, 0.15) is 27.2 Å². The second-order valence-electron chi connectivity index (χ2n) is 6.19. The van der Waals surface area contributed by atoms with Gasteiger partial charge in [-0.2, -0.15) is 0 Å². The minimum atomic E-state index is -0.801. The molecule has 0 radical (unpaired) electrons. The Morgan fingerprint density at radius 3 is 2.70 bits per heavy atom.